The minimum absolute atomic E-state index is 0.684. The summed E-state index contributed by atoms with van der Waals surface area (Å²) in [6.07, 6.45) is 6.77. The second-order valence-electron chi connectivity index (χ2n) is 3.72. The maximum Gasteiger partial charge on any atom is 0.132 e. The Morgan fingerprint density at radius 1 is 1.11 bits per heavy atom. The summed E-state index contributed by atoms with van der Waals surface area (Å²) in [5, 5.41) is 0. The van der Waals surface area contributed by atoms with Gasteiger partial charge in [-0.1, -0.05) is 24.3 Å². The van der Waals surface area contributed by atoms with Crippen LogP contribution in [0.5, 0.6) is 5.75 Å². The summed E-state index contributed by atoms with van der Waals surface area (Å²) in [6.45, 7) is 0.684. The molecule has 0 spiro atoms. The molecule has 0 saturated heterocycles. The molecular weight excluding hydrogens is 337 g/mol. The zero-order chi connectivity index (χ0) is 12.6. The SMILES string of the molecule is Ic1ccccc1OCC/C=C/c1ccccn1. The number of rotatable bonds is 5. The number of ether oxygens (including phenoxy) is 1. The van der Waals surface area contributed by atoms with Crippen molar-refractivity contribution >= 4 is 28.7 Å². The molecule has 0 fully saturated rings. The Hall–Kier alpha value is -1.36. The van der Waals surface area contributed by atoms with Crippen molar-refractivity contribution < 1.29 is 4.74 Å². The van der Waals surface area contributed by atoms with Gasteiger partial charge in [0.25, 0.3) is 0 Å². The first-order valence-corrected chi connectivity index (χ1v) is 6.89. The van der Waals surface area contributed by atoms with Gasteiger partial charge in [-0.3, -0.25) is 4.98 Å². The third-order valence-electron chi connectivity index (χ3n) is 2.36. The minimum Gasteiger partial charge on any atom is -0.492 e. The van der Waals surface area contributed by atoms with Gasteiger partial charge in [0.2, 0.25) is 0 Å². The fourth-order valence-electron chi connectivity index (χ4n) is 1.48. The molecule has 0 aliphatic heterocycles. The Morgan fingerprint density at radius 3 is 2.72 bits per heavy atom. The molecule has 18 heavy (non-hydrogen) atoms. The Kier molecular flexibility index (Phi) is 5.20. The van der Waals surface area contributed by atoms with Gasteiger partial charge in [-0.2, -0.15) is 0 Å². The lowest BCUT2D eigenvalue weighted by atomic mass is 10.3. The first kappa shape index (κ1) is 13.1. The number of aromatic nitrogens is 1. The number of halogens is 1. The largest absolute Gasteiger partial charge is 0.492 e. The van der Waals surface area contributed by atoms with Crippen LogP contribution in [0.4, 0.5) is 0 Å². The zero-order valence-corrected chi connectivity index (χ0v) is 12.1. The lowest BCUT2D eigenvalue weighted by Crippen LogP contribution is -1.96. The molecule has 2 nitrogen and oxygen atoms in total. The van der Waals surface area contributed by atoms with Crippen molar-refractivity contribution in [2.75, 3.05) is 6.61 Å². The van der Waals surface area contributed by atoms with E-state index < -0.39 is 0 Å². The van der Waals surface area contributed by atoms with Crippen LogP contribution in [0.1, 0.15) is 12.1 Å². The number of hydrogen-bond donors (Lipinski definition) is 0. The van der Waals surface area contributed by atoms with Gasteiger partial charge in [0, 0.05) is 6.20 Å². The van der Waals surface area contributed by atoms with E-state index in [4.69, 9.17) is 4.74 Å². The fourth-order valence-corrected chi connectivity index (χ4v) is 2.02. The highest BCUT2D eigenvalue weighted by molar-refractivity contribution is 14.1. The lowest BCUT2D eigenvalue weighted by molar-refractivity contribution is 0.323. The van der Waals surface area contributed by atoms with E-state index >= 15 is 0 Å². The van der Waals surface area contributed by atoms with Crippen LogP contribution in [-0.2, 0) is 0 Å². The Morgan fingerprint density at radius 2 is 1.94 bits per heavy atom. The van der Waals surface area contributed by atoms with Gasteiger partial charge < -0.3 is 4.74 Å². The van der Waals surface area contributed by atoms with E-state index in [-0.39, 0.29) is 0 Å². The molecule has 0 saturated carbocycles. The highest BCUT2D eigenvalue weighted by Gasteiger charge is 1.97. The third kappa shape index (κ3) is 4.14. The molecule has 0 atom stereocenters. The molecule has 2 rings (SSSR count). The van der Waals surface area contributed by atoms with Crippen molar-refractivity contribution in [2.24, 2.45) is 0 Å². The maximum absolute atomic E-state index is 5.70. The van der Waals surface area contributed by atoms with Gasteiger partial charge in [-0.15, -0.1) is 0 Å². The maximum atomic E-state index is 5.70. The van der Waals surface area contributed by atoms with E-state index in [1.807, 2.05) is 48.5 Å². The Bertz CT molecular complexity index is 511. The van der Waals surface area contributed by atoms with Crippen LogP contribution in [0.15, 0.2) is 54.7 Å². The molecular formula is C15H14INO. The summed E-state index contributed by atoms with van der Waals surface area (Å²) in [4.78, 5) is 4.22. The summed E-state index contributed by atoms with van der Waals surface area (Å²) in [5.41, 5.74) is 0.979. The van der Waals surface area contributed by atoms with Crippen molar-refractivity contribution in [3.05, 3.63) is 64.0 Å². The first-order valence-electron chi connectivity index (χ1n) is 5.81. The number of benzene rings is 1. The molecule has 0 radical (unpaired) electrons. The summed E-state index contributed by atoms with van der Waals surface area (Å²) < 4.78 is 6.84. The van der Waals surface area contributed by atoms with Gasteiger partial charge in [-0.05, 0) is 59.4 Å². The van der Waals surface area contributed by atoms with E-state index in [1.54, 1.807) is 6.20 Å². The molecule has 2 aromatic rings. The number of para-hydroxylation sites is 1. The number of hydrogen-bond acceptors (Lipinski definition) is 2. The molecule has 0 aliphatic rings. The fraction of sp³-hybridized carbons (Fsp3) is 0.133. The van der Waals surface area contributed by atoms with E-state index in [2.05, 4.69) is 33.7 Å². The summed E-state index contributed by atoms with van der Waals surface area (Å²) in [7, 11) is 0. The topological polar surface area (TPSA) is 22.1 Å². The van der Waals surface area contributed by atoms with Crippen LogP contribution in [0.2, 0.25) is 0 Å². The second-order valence-corrected chi connectivity index (χ2v) is 4.89. The van der Waals surface area contributed by atoms with E-state index in [1.165, 1.54) is 0 Å². The predicted molar refractivity (Wildman–Crippen MR) is 82.5 cm³/mol. The summed E-state index contributed by atoms with van der Waals surface area (Å²) in [6, 6.07) is 13.9. The van der Waals surface area contributed by atoms with Gasteiger partial charge in [0.05, 0.1) is 15.9 Å². The molecule has 0 aliphatic carbocycles. The van der Waals surface area contributed by atoms with E-state index in [0.29, 0.717) is 6.61 Å². The molecule has 1 heterocycles. The third-order valence-corrected chi connectivity index (χ3v) is 3.25. The molecule has 0 unspecified atom stereocenters. The van der Waals surface area contributed by atoms with E-state index in [0.717, 1.165) is 21.4 Å². The average Bonchev–Trinajstić information content (AvgIpc) is 2.42. The second kappa shape index (κ2) is 7.16. The quantitative estimate of drug-likeness (QED) is 0.596. The smallest absolute Gasteiger partial charge is 0.132 e. The number of nitrogens with zero attached hydrogens (tertiary/aromatic N) is 1. The van der Waals surface area contributed by atoms with Crippen LogP contribution in [0.25, 0.3) is 6.08 Å². The zero-order valence-electron chi connectivity index (χ0n) is 9.92. The minimum atomic E-state index is 0.684. The molecule has 3 heteroatoms. The lowest BCUT2D eigenvalue weighted by Gasteiger charge is -2.05. The van der Waals surface area contributed by atoms with Crippen molar-refractivity contribution in [1.82, 2.24) is 4.98 Å². The van der Waals surface area contributed by atoms with Gasteiger partial charge in [-0.25, -0.2) is 0 Å². The monoisotopic (exact) mass is 351 g/mol. The Balaban J connectivity index is 1.77. The van der Waals surface area contributed by atoms with E-state index in [9.17, 15) is 0 Å². The van der Waals surface area contributed by atoms with Crippen molar-refractivity contribution in [2.45, 2.75) is 6.42 Å². The van der Waals surface area contributed by atoms with Crippen LogP contribution in [0.3, 0.4) is 0 Å². The van der Waals surface area contributed by atoms with Crippen molar-refractivity contribution in [1.29, 1.82) is 0 Å². The molecule has 92 valence electrons. The van der Waals surface area contributed by atoms with Gasteiger partial charge in [0.15, 0.2) is 0 Å². The summed E-state index contributed by atoms with van der Waals surface area (Å²) >= 11 is 2.28. The predicted octanol–water partition coefficient (Wildman–Crippen LogP) is 4.17. The molecule has 1 aromatic heterocycles. The molecule has 0 N–H and O–H groups in total. The molecule has 1 aromatic carbocycles. The Labute approximate surface area is 121 Å². The van der Waals surface area contributed by atoms with Crippen molar-refractivity contribution in [3.8, 4) is 5.75 Å². The highest BCUT2D eigenvalue weighted by atomic mass is 127. The van der Waals surface area contributed by atoms with Crippen LogP contribution >= 0.6 is 22.6 Å². The average molecular weight is 351 g/mol. The molecule has 0 bridgehead atoms. The van der Waals surface area contributed by atoms with Crippen LogP contribution in [0, 0.1) is 3.57 Å². The normalized spacial score (nSPS) is 10.7. The number of pyridine rings is 1. The van der Waals surface area contributed by atoms with Gasteiger partial charge >= 0.3 is 0 Å². The van der Waals surface area contributed by atoms with Crippen molar-refractivity contribution in [3.63, 3.8) is 0 Å². The van der Waals surface area contributed by atoms with Crippen LogP contribution < -0.4 is 4.74 Å². The molecule has 0 amide bonds. The van der Waals surface area contributed by atoms with Crippen LogP contribution in [-0.4, -0.2) is 11.6 Å². The summed E-state index contributed by atoms with van der Waals surface area (Å²) in [5.74, 6) is 0.948. The standard InChI is InChI=1S/C15H14INO/c16-14-9-1-2-10-15(14)18-12-6-4-8-13-7-3-5-11-17-13/h1-5,7-11H,6,12H2/b8-4+. The highest BCUT2D eigenvalue weighted by Crippen LogP contribution is 2.19. The van der Waals surface area contributed by atoms with Gasteiger partial charge in [0.1, 0.15) is 5.75 Å². The first-order chi connectivity index (χ1) is 8.86.